The van der Waals surface area contributed by atoms with Crippen LogP contribution in [0.3, 0.4) is 0 Å². The molecule has 0 saturated heterocycles. The minimum absolute atomic E-state index is 0.734. The Bertz CT molecular complexity index is 1040. The van der Waals surface area contributed by atoms with Crippen molar-refractivity contribution in [2.45, 2.75) is 57.8 Å². The van der Waals surface area contributed by atoms with Crippen molar-refractivity contribution in [3.05, 3.63) is 70.8 Å². The van der Waals surface area contributed by atoms with Crippen LogP contribution in [0.5, 0.6) is 0 Å². The predicted molar refractivity (Wildman–Crippen MR) is 115 cm³/mol. The second-order valence-corrected chi connectivity index (χ2v) is 8.37. The van der Waals surface area contributed by atoms with E-state index in [1.165, 1.54) is 65.5 Å². The molecule has 3 aromatic rings. The van der Waals surface area contributed by atoms with Crippen LogP contribution in [0, 0.1) is 6.92 Å². The van der Waals surface area contributed by atoms with Gasteiger partial charge in [0.05, 0.1) is 0 Å². The first kappa shape index (κ1) is 17.5. The number of aromatic nitrogens is 1. The summed E-state index contributed by atoms with van der Waals surface area (Å²) >= 11 is 0. The van der Waals surface area contributed by atoms with Crippen LogP contribution in [0.4, 0.5) is 0 Å². The zero-order valence-electron chi connectivity index (χ0n) is 16.6. The summed E-state index contributed by atoms with van der Waals surface area (Å²) in [4.78, 5) is 0. The molecule has 0 bridgehead atoms. The Hall–Kier alpha value is -2.61. The Balaban J connectivity index is 1.51. The fourth-order valence-corrected chi connectivity index (χ4v) is 5.11. The topological polar surface area (TPSA) is 26.0 Å². The molecule has 1 saturated carbocycles. The molecule has 0 radical (unpaired) electrons. The molecule has 0 aliphatic heterocycles. The number of hydrogen-bond donors (Lipinski definition) is 0. The van der Waals surface area contributed by atoms with E-state index in [4.69, 9.17) is 4.52 Å². The van der Waals surface area contributed by atoms with Crippen molar-refractivity contribution in [1.82, 2.24) is 5.16 Å². The molecule has 1 heterocycles. The van der Waals surface area contributed by atoms with Crippen LogP contribution in [0.1, 0.15) is 65.8 Å². The Morgan fingerprint density at radius 3 is 2.68 bits per heavy atom. The molecule has 0 spiro atoms. The van der Waals surface area contributed by atoms with Gasteiger partial charge >= 0.3 is 0 Å². The number of hydrogen-bond acceptors (Lipinski definition) is 2. The van der Waals surface area contributed by atoms with Crippen LogP contribution < -0.4 is 0 Å². The molecule has 1 fully saturated rings. The highest BCUT2D eigenvalue weighted by Crippen LogP contribution is 2.40. The van der Waals surface area contributed by atoms with Gasteiger partial charge < -0.3 is 4.52 Å². The van der Waals surface area contributed by atoms with E-state index >= 15 is 0 Å². The first-order valence-electron chi connectivity index (χ1n) is 10.6. The third-order valence-electron chi connectivity index (χ3n) is 6.63. The van der Waals surface area contributed by atoms with Gasteiger partial charge in [-0.05, 0) is 66.8 Å². The lowest BCUT2D eigenvalue weighted by atomic mass is 9.81. The minimum atomic E-state index is 0.734. The molecular weight excluding hydrogens is 342 g/mol. The average Bonchev–Trinajstić information content (AvgIpc) is 3.18. The smallest absolute Gasteiger partial charge is 0.170 e. The molecule has 2 aromatic carbocycles. The fraction of sp³-hybridized carbons (Fsp3) is 0.346. The van der Waals surface area contributed by atoms with Gasteiger partial charge in [0.25, 0.3) is 0 Å². The molecule has 2 aliphatic carbocycles. The van der Waals surface area contributed by atoms with Crippen LogP contribution in [-0.4, -0.2) is 5.16 Å². The van der Waals surface area contributed by atoms with E-state index in [-0.39, 0.29) is 0 Å². The predicted octanol–water partition coefficient (Wildman–Crippen LogP) is 7.11. The summed E-state index contributed by atoms with van der Waals surface area (Å²) in [5.74, 6) is 1.68. The summed E-state index contributed by atoms with van der Waals surface area (Å²) in [6.45, 7) is 6.14. The van der Waals surface area contributed by atoms with Crippen molar-refractivity contribution in [3.8, 4) is 22.6 Å². The third-order valence-corrected chi connectivity index (χ3v) is 6.63. The largest absolute Gasteiger partial charge is 0.355 e. The number of nitrogens with zero attached hydrogens (tertiary/aromatic N) is 1. The summed E-state index contributed by atoms with van der Waals surface area (Å²) in [6.07, 6.45) is 10.7. The van der Waals surface area contributed by atoms with E-state index in [1.54, 1.807) is 0 Å². The highest BCUT2D eigenvalue weighted by molar-refractivity contribution is 5.77. The number of benzene rings is 2. The average molecular weight is 370 g/mol. The van der Waals surface area contributed by atoms with Crippen molar-refractivity contribution in [2.24, 2.45) is 0 Å². The van der Waals surface area contributed by atoms with Gasteiger partial charge in [-0.15, -0.1) is 0 Å². The van der Waals surface area contributed by atoms with Crippen molar-refractivity contribution < 1.29 is 4.52 Å². The molecule has 0 atom stereocenters. The monoisotopic (exact) mass is 369 g/mol. The molecule has 2 aliphatic rings. The van der Waals surface area contributed by atoms with Crippen molar-refractivity contribution >= 4 is 6.08 Å². The summed E-state index contributed by atoms with van der Waals surface area (Å²) in [5, 5.41) is 4.47. The molecule has 2 heteroatoms. The minimum Gasteiger partial charge on any atom is -0.355 e. The SMILES string of the molecule is C=Cc1ccc2c(c1)CCc1c-2noc1-c1ccc(C2CCCCC2)c(C)c1. The van der Waals surface area contributed by atoms with E-state index in [2.05, 4.69) is 55.1 Å². The lowest BCUT2D eigenvalue weighted by Gasteiger charge is -2.24. The molecule has 2 nitrogen and oxygen atoms in total. The van der Waals surface area contributed by atoms with E-state index in [1.807, 2.05) is 6.08 Å². The zero-order chi connectivity index (χ0) is 19.1. The third kappa shape index (κ3) is 2.92. The van der Waals surface area contributed by atoms with Gasteiger partial charge in [-0.3, -0.25) is 0 Å². The number of rotatable bonds is 3. The molecule has 0 N–H and O–H groups in total. The van der Waals surface area contributed by atoms with E-state index < -0.39 is 0 Å². The summed E-state index contributed by atoms with van der Waals surface area (Å²) in [7, 11) is 0. The summed E-state index contributed by atoms with van der Waals surface area (Å²) < 4.78 is 5.89. The van der Waals surface area contributed by atoms with Crippen LogP contribution in [0.25, 0.3) is 28.7 Å². The molecule has 5 rings (SSSR count). The second kappa shape index (κ2) is 7.09. The van der Waals surface area contributed by atoms with Crippen LogP contribution in [0.2, 0.25) is 0 Å². The fourth-order valence-electron chi connectivity index (χ4n) is 5.11. The van der Waals surface area contributed by atoms with Gasteiger partial charge in [0, 0.05) is 16.7 Å². The van der Waals surface area contributed by atoms with E-state index in [0.717, 1.165) is 35.8 Å². The van der Waals surface area contributed by atoms with Gasteiger partial charge in [-0.25, -0.2) is 0 Å². The normalized spacial score (nSPS) is 16.5. The zero-order valence-corrected chi connectivity index (χ0v) is 16.6. The molecular formula is C26H27NO. The van der Waals surface area contributed by atoms with Gasteiger partial charge in [-0.1, -0.05) is 67.4 Å². The van der Waals surface area contributed by atoms with Gasteiger partial charge in [0.15, 0.2) is 5.76 Å². The maximum atomic E-state index is 5.89. The number of fused-ring (bicyclic) bond motifs is 3. The summed E-state index contributed by atoms with van der Waals surface area (Å²) in [6, 6.07) is 13.4. The van der Waals surface area contributed by atoms with Crippen LogP contribution in [-0.2, 0) is 12.8 Å². The quantitative estimate of drug-likeness (QED) is 0.492. The lowest BCUT2D eigenvalue weighted by molar-refractivity contribution is 0.434. The Labute approximate surface area is 167 Å². The highest BCUT2D eigenvalue weighted by atomic mass is 16.5. The maximum Gasteiger partial charge on any atom is 0.170 e. The van der Waals surface area contributed by atoms with Crippen molar-refractivity contribution in [3.63, 3.8) is 0 Å². The first-order chi connectivity index (χ1) is 13.7. The lowest BCUT2D eigenvalue weighted by Crippen LogP contribution is -2.06. The standard InChI is InChI=1S/C26H27NO/c1-3-18-9-12-23-20(16-18)10-14-24-25(23)27-28-26(24)21-11-13-22(17(2)15-21)19-7-5-4-6-8-19/h3,9,11-13,15-16,19H,1,4-8,10,14H2,2H3. The number of aryl methyl sites for hydroxylation is 2. The molecule has 0 unspecified atom stereocenters. The van der Waals surface area contributed by atoms with Gasteiger partial charge in [0.1, 0.15) is 5.69 Å². The molecule has 1 aromatic heterocycles. The molecule has 0 amide bonds. The van der Waals surface area contributed by atoms with Gasteiger partial charge in [0.2, 0.25) is 0 Å². The van der Waals surface area contributed by atoms with Crippen molar-refractivity contribution in [2.75, 3.05) is 0 Å². The maximum absolute atomic E-state index is 5.89. The first-order valence-corrected chi connectivity index (χ1v) is 10.6. The van der Waals surface area contributed by atoms with E-state index in [0.29, 0.717) is 0 Å². The van der Waals surface area contributed by atoms with Crippen LogP contribution >= 0.6 is 0 Å². The Morgan fingerprint density at radius 2 is 1.89 bits per heavy atom. The van der Waals surface area contributed by atoms with E-state index in [9.17, 15) is 0 Å². The second-order valence-electron chi connectivity index (χ2n) is 8.37. The highest BCUT2D eigenvalue weighted by Gasteiger charge is 2.25. The van der Waals surface area contributed by atoms with Gasteiger partial charge in [-0.2, -0.15) is 0 Å². The Kier molecular flexibility index (Phi) is 4.43. The van der Waals surface area contributed by atoms with Crippen molar-refractivity contribution in [1.29, 1.82) is 0 Å². The Morgan fingerprint density at radius 1 is 1.04 bits per heavy atom. The molecule has 28 heavy (non-hydrogen) atoms. The summed E-state index contributed by atoms with van der Waals surface area (Å²) in [5.41, 5.74) is 10.1. The van der Waals surface area contributed by atoms with Crippen LogP contribution in [0.15, 0.2) is 47.5 Å². The molecule has 142 valence electrons.